The summed E-state index contributed by atoms with van der Waals surface area (Å²) < 4.78 is 5.34. The van der Waals surface area contributed by atoms with Crippen LogP contribution in [0.25, 0.3) is 0 Å². The summed E-state index contributed by atoms with van der Waals surface area (Å²) in [6.07, 6.45) is 0.166. The second kappa shape index (κ2) is 7.79. The Morgan fingerprint density at radius 2 is 1.60 bits per heavy atom. The molecule has 2 amide bonds. The summed E-state index contributed by atoms with van der Waals surface area (Å²) in [4.78, 5) is 36.0. The van der Waals surface area contributed by atoms with Gasteiger partial charge in [0.1, 0.15) is 0 Å². The molecular weight excluding hydrogens is 320 g/mol. The molecule has 0 aliphatic rings. The van der Waals surface area contributed by atoms with Crippen LogP contribution in [0.15, 0.2) is 46.9 Å². The number of hydrogen-bond donors (Lipinski definition) is 2. The minimum absolute atomic E-state index is 0.0375. The number of carbonyl (C=O) groups excluding carboxylic acids is 3. The first-order chi connectivity index (χ1) is 11.8. The third-order valence-electron chi connectivity index (χ3n) is 3.24. The number of furan rings is 1. The van der Waals surface area contributed by atoms with Crippen molar-refractivity contribution in [2.75, 3.05) is 6.54 Å². The molecule has 6 nitrogen and oxygen atoms in total. The molecule has 0 bridgehead atoms. The highest BCUT2D eigenvalue weighted by Gasteiger charge is 2.18. The monoisotopic (exact) mass is 342 g/mol. The molecule has 0 saturated heterocycles. The SMILES string of the molecule is CC(C)(C)NC(=O)CCNC(=O)c1ccc(C(=O)c2ccccc2)o1. The maximum absolute atomic E-state index is 12.2. The van der Waals surface area contributed by atoms with Crippen molar-refractivity contribution in [2.45, 2.75) is 32.7 Å². The second-order valence-corrected chi connectivity index (χ2v) is 6.66. The van der Waals surface area contributed by atoms with E-state index < -0.39 is 5.91 Å². The molecule has 0 spiro atoms. The molecule has 2 rings (SSSR count). The summed E-state index contributed by atoms with van der Waals surface area (Å²) in [6, 6.07) is 11.6. The summed E-state index contributed by atoms with van der Waals surface area (Å²) in [5, 5.41) is 5.41. The third kappa shape index (κ3) is 5.60. The van der Waals surface area contributed by atoms with Crippen LogP contribution in [-0.2, 0) is 4.79 Å². The lowest BCUT2D eigenvalue weighted by Gasteiger charge is -2.20. The van der Waals surface area contributed by atoms with E-state index in [9.17, 15) is 14.4 Å². The highest BCUT2D eigenvalue weighted by Crippen LogP contribution is 2.13. The van der Waals surface area contributed by atoms with Gasteiger partial charge < -0.3 is 15.1 Å². The zero-order valence-electron chi connectivity index (χ0n) is 14.6. The summed E-state index contributed by atoms with van der Waals surface area (Å²) in [5.74, 6) is -0.760. The summed E-state index contributed by atoms with van der Waals surface area (Å²) in [5.41, 5.74) is 0.178. The van der Waals surface area contributed by atoms with Crippen LogP contribution in [-0.4, -0.2) is 29.7 Å². The van der Waals surface area contributed by atoms with Crippen LogP contribution in [0, 0.1) is 0 Å². The summed E-state index contributed by atoms with van der Waals surface area (Å²) >= 11 is 0. The highest BCUT2D eigenvalue weighted by molar-refractivity contribution is 6.07. The number of benzene rings is 1. The van der Waals surface area contributed by atoms with Gasteiger partial charge in [-0.3, -0.25) is 14.4 Å². The predicted octanol–water partition coefficient (Wildman–Crippen LogP) is 2.55. The molecule has 0 fully saturated rings. The van der Waals surface area contributed by atoms with Gasteiger partial charge in [0, 0.05) is 24.1 Å². The van der Waals surface area contributed by atoms with E-state index in [0.717, 1.165) is 0 Å². The average molecular weight is 342 g/mol. The smallest absolute Gasteiger partial charge is 0.287 e. The van der Waals surface area contributed by atoms with Crippen molar-refractivity contribution in [1.29, 1.82) is 0 Å². The Bertz CT molecular complexity index is 757. The summed E-state index contributed by atoms with van der Waals surface area (Å²) in [7, 11) is 0. The fraction of sp³-hybridized carbons (Fsp3) is 0.316. The normalized spacial score (nSPS) is 11.0. The number of rotatable bonds is 6. The first-order valence-corrected chi connectivity index (χ1v) is 8.05. The molecule has 25 heavy (non-hydrogen) atoms. The van der Waals surface area contributed by atoms with E-state index in [1.807, 2.05) is 26.8 Å². The molecule has 0 radical (unpaired) electrons. The van der Waals surface area contributed by atoms with Gasteiger partial charge in [0.25, 0.3) is 5.91 Å². The lowest BCUT2D eigenvalue weighted by atomic mass is 10.1. The van der Waals surface area contributed by atoms with E-state index in [2.05, 4.69) is 10.6 Å². The largest absolute Gasteiger partial charge is 0.447 e. The van der Waals surface area contributed by atoms with E-state index >= 15 is 0 Å². The maximum atomic E-state index is 12.2. The molecular formula is C19H22N2O4. The standard InChI is InChI=1S/C19H22N2O4/c1-19(2,3)21-16(22)11-12-20-18(24)15-10-9-14(25-15)17(23)13-7-5-4-6-8-13/h4-10H,11-12H2,1-3H3,(H,20,24)(H,21,22). The van der Waals surface area contributed by atoms with Crippen molar-refractivity contribution >= 4 is 17.6 Å². The molecule has 2 N–H and O–H groups in total. The molecule has 0 saturated carbocycles. The first kappa shape index (κ1) is 18.4. The van der Waals surface area contributed by atoms with Crippen LogP contribution in [0.3, 0.4) is 0 Å². The van der Waals surface area contributed by atoms with Crippen molar-refractivity contribution in [3.05, 3.63) is 59.5 Å². The highest BCUT2D eigenvalue weighted by atomic mass is 16.4. The van der Waals surface area contributed by atoms with E-state index in [0.29, 0.717) is 5.56 Å². The molecule has 132 valence electrons. The summed E-state index contributed by atoms with van der Waals surface area (Å²) in [6.45, 7) is 5.84. The van der Waals surface area contributed by atoms with Crippen LogP contribution in [0.5, 0.6) is 0 Å². The third-order valence-corrected chi connectivity index (χ3v) is 3.24. The Kier molecular flexibility index (Phi) is 5.75. The minimum atomic E-state index is -0.462. The van der Waals surface area contributed by atoms with Gasteiger partial charge in [-0.2, -0.15) is 0 Å². The zero-order chi connectivity index (χ0) is 18.4. The van der Waals surface area contributed by atoms with Gasteiger partial charge in [-0.1, -0.05) is 30.3 Å². The van der Waals surface area contributed by atoms with E-state index in [1.54, 1.807) is 24.3 Å². The van der Waals surface area contributed by atoms with Gasteiger partial charge in [0.15, 0.2) is 11.5 Å². The van der Waals surface area contributed by atoms with Gasteiger partial charge in [-0.25, -0.2) is 0 Å². The van der Waals surface area contributed by atoms with Gasteiger partial charge in [0.2, 0.25) is 11.7 Å². The van der Waals surface area contributed by atoms with Crippen molar-refractivity contribution in [3.63, 3.8) is 0 Å². The Morgan fingerprint density at radius 1 is 0.960 bits per heavy atom. The quantitative estimate of drug-likeness (QED) is 0.790. The number of carbonyl (C=O) groups is 3. The number of nitrogens with one attached hydrogen (secondary N) is 2. The lowest BCUT2D eigenvalue weighted by molar-refractivity contribution is -0.122. The van der Waals surface area contributed by atoms with Crippen molar-refractivity contribution in [2.24, 2.45) is 0 Å². The van der Waals surface area contributed by atoms with Crippen molar-refractivity contribution < 1.29 is 18.8 Å². The number of amides is 2. The fourth-order valence-corrected chi connectivity index (χ4v) is 2.17. The zero-order valence-corrected chi connectivity index (χ0v) is 14.6. The molecule has 6 heteroatoms. The molecule has 1 aromatic carbocycles. The second-order valence-electron chi connectivity index (χ2n) is 6.66. The van der Waals surface area contributed by atoms with Gasteiger partial charge in [-0.05, 0) is 32.9 Å². The molecule has 0 aliphatic heterocycles. The number of ketones is 1. The van der Waals surface area contributed by atoms with Crippen LogP contribution in [0.1, 0.15) is 53.9 Å². The van der Waals surface area contributed by atoms with Crippen LogP contribution in [0.4, 0.5) is 0 Å². The Morgan fingerprint density at radius 3 is 2.24 bits per heavy atom. The van der Waals surface area contributed by atoms with Crippen molar-refractivity contribution in [3.8, 4) is 0 Å². The number of hydrogen-bond acceptors (Lipinski definition) is 4. The van der Waals surface area contributed by atoms with Gasteiger partial charge >= 0.3 is 0 Å². The van der Waals surface area contributed by atoms with Gasteiger partial charge in [0.05, 0.1) is 0 Å². The molecule has 0 aliphatic carbocycles. The van der Waals surface area contributed by atoms with E-state index in [-0.39, 0.29) is 41.7 Å². The lowest BCUT2D eigenvalue weighted by Crippen LogP contribution is -2.41. The van der Waals surface area contributed by atoms with E-state index in [1.165, 1.54) is 12.1 Å². The van der Waals surface area contributed by atoms with Crippen LogP contribution >= 0.6 is 0 Å². The molecule has 0 atom stereocenters. The van der Waals surface area contributed by atoms with Crippen LogP contribution in [0.2, 0.25) is 0 Å². The Labute approximate surface area is 146 Å². The molecule has 2 aromatic rings. The first-order valence-electron chi connectivity index (χ1n) is 8.05. The predicted molar refractivity (Wildman–Crippen MR) is 93.4 cm³/mol. The van der Waals surface area contributed by atoms with Crippen LogP contribution < -0.4 is 10.6 Å². The Hall–Kier alpha value is -2.89. The molecule has 1 heterocycles. The maximum Gasteiger partial charge on any atom is 0.287 e. The Balaban J connectivity index is 1.88. The van der Waals surface area contributed by atoms with Gasteiger partial charge in [-0.15, -0.1) is 0 Å². The topological polar surface area (TPSA) is 88.4 Å². The molecule has 1 aromatic heterocycles. The van der Waals surface area contributed by atoms with Crippen molar-refractivity contribution in [1.82, 2.24) is 10.6 Å². The minimum Gasteiger partial charge on any atom is -0.447 e. The van der Waals surface area contributed by atoms with E-state index in [4.69, 9.17) is 4.42 Å². The average Bonchev–Trinajstić information content (AvgIpc) is 3.03. The molecule has 0 unspecified atom stereocenters. The fourth-order valence-electron chi connectivity index (χ4n) is 2.17.